The topological polar surface area (TPSA) is 15.3 Å². The van der Waals surface area contributed by atoms with Gasteiger partial charge in [-0.15, -0.1) is 0 Å². The lowest BCUT2D eigenvalue weighted by Gasteiger charge is -2.35. The smallest absolute Gasteiger partial charge is 0.139 e. The number of hydrogen-bond acceptors (Lipinski definition) is 2. The van der Waals surface area contributed by atoms with Crippen LogP contribution in [0.15, 0.2) is 16.6 Å². The molecule has 0 radical (unpaired) electrons. The molecule has 1 N–H and O–H groups in total. The Morgan fingerprint density at radius 2 is 2.20 bits per heavy atom. The first-order valence-corrected chi connectivity index (χ1v) is 5.88. The number of benzene rings is 1. The fourth-order valence-electron chi connectivity index (χ4n) is 1.88. The molecule has 0 spiro atoms. The van der Waals surface area contributed by atoms with Crippen molar-refractivity contribution in [1.82, 2.24) is 0 Å². The highest BCUT2D eigenvalue weighted by Crippen LogP contribution is 2.34. The Balaban J connectivity index is 2.47. The normalized spacial score (nSPS) is 15.1. The number of nitrogens with zero attached hydrogens (tertiary/aromatic N) is 1. The van der Waals surface area contributed by atoms with Crippen LogP contribution in [0.1, 0.15) is 13.8 Å². The Kier molecular flexibility index (Phi) is 2.87. The summed E-state index contributed by atoms with van der Waals surface area (Å²) in [6.45, 7) is 6.12. The second kappa shape index (κ2) is 4.00. The first-order chi connectivity index (χ1) is 7.09. The molecule has 1 aromatic carbocycles. The van der Waals surface area contributed by atoms with E-state index in [1.54, 1.807) is 6.07 Å². The van der Waals surface area contributed by atoms with E-state index >= 15 is 0 Å². The monoisotopic (exact) mass is 272 g/mol. The van der Waals surface area contributed by atoms with Crippen LogP contribution >= 0.6 is 15.9 Å². The summed E-state index contributed by atoms with van der Waals surface area (Å²) < 4.78 is 13.9. The quantitative estimate of drug-likeness (QED) is 0.845. The highest BCUT2D eigenvalue weighted by Gasteiger charge is 2.20. The molecule has 0 aromatic heterocycles. The molecule has 0 bridgehead atoms. The zero-order valence-corrected chi connectivity index (χ0v) is 10.4. The number of fused-ring (bicyclic) bond motifs is 1. The Hall–Kier alpha value is -0.770. The predicted octanol–water partition coefficient (Wildman–Crippen LogP) is 3.23. The molecule has 2 nitrogen and oxygen atoms in total. The predicted molar refractivity (Wildman–Crippen MR) is 65.1 cm³/mol. The third-order valence-electron chi connectivity index (χ3n) is 2.64. The molecule has 1 aliphatic rings. The Morgan fingerprint density at radius 3 is 2.87 bits per heavy atom. The lowest BCUT2D eigenvalue weighted by molar-refractivity contribution is 0.617. The van der Waals surface area contributed by atoms with Gasteiger partial charge in [0.15, 0.2) is 0 Å². The minimum absolute atomic E-state index is 0.216. The van der Waals surface area contributed by atoms with Crippen molar-refractivity contribution < 1.29 is 4.39 Å². The third kappa shape index (κ3) is 1.95. The van der Waals surface area contributed by atoms with Gasteiger partial charge < -0.3 is 10.2 Å². The van der Waals surface area contributed by atoms with E-state index in [0.29, 0.717) is 10.5 Å². The van der Waals surface area contributed by atoms with Crippen molar-refractivity contribution in [2.45, 2.75) is 19.9 Å². The van der Waals surface area contributed by atoms with Gasteiger partial charge in [-0.05, 0) is 35.8 Å². The molecule has 0 atom stereocenters. The number of anilines is 2. The molecule has 1 aliphatic heterocycles. The minimum Gasteiger partial charge on any atom is -0.382 e. The van der Waals surface area contributed by atoms with E-state index in [9.17, 15) is 4.39 Å². The van der Waals surface area contributed by atoms with Crippen molar-refractivity contribution in [2.24, 2.45) is 0 Å². The van der Waals surface area contributed by atoms with Gasteiger partial charge in [0.2, 0.25) is 0 Å². The van der Waals surface area contributed by atoms with Gasteiger partial charge in [0, 0.05) is 25.2 Å². The van der Waals surface area contributed by atoms with Gasteiger partial charge in [0.05, 0.1) is 15.8 Å². The molecule has 82 valence electrons. The van der Waals surface area contributed by atoms with Crippen molar-refractivity contribution >= 4 is 27.3 Å². The summed E-state index contributed by atoms with van der Waals surface area (Å²) in [5.41, 5.74) is 1.96. The number of rotatable bonds is 1. The van der Waals surface area contributed by atoms with Gasteiger partial charge in [-0.25, -0.2) is 4.39 Å². The zero-order valence-electron chi connectivity index (χ0n) is 8.85. The van der Waals surface area contributed by atoms with Gasteiger partial charge in [0.1, 0.15) is 5.82 Å². The summed E-state index contributed by atoms with van der Waals surface area (Å²) >= 11 is 3.22. The van der Waals surface area contributed by atoms with Crippen LogP contribution < -0.4 is 10.2 Å². The molecule has 1 heterocycles. The van der Waals surface area contributed by atoms with Gasteiger partial charge in [-0.3, -0.25) is 0 Å². The van der Waals surface area contributed by atoms with E-state index in [4.69, 9.17) is 0 Å². The number of nitrogens with one attached hydrogen (secondary N) is 1. The second-order valence-electron chi connectivity index (χ2n) is 4.00. The molecule has 0 aliphatic carbocycles. The SMILES string of the molecule is CC(C)N1CCNc2cc(F)c(Br)cc21. The van der Waals surface area contributed by atoms with Gasteiger partial charge in [-0.2, -0.15) is 0 Å². The second-order valence-corrected chi connectivity index (χ2v) is 4.85. The maximum Gasteiger partial charge on any atom is 0.139 e. The molecule has 4 heteroatoms. The summed E-state index contributed by atoms with van der Waals surface area (Å²) in [4.78, 5) is 2.27. The molecule has 0 saturated heterocycles. The maximum atomic E-state index is 13.3. The zero-order chi connectivity index (χ0) is 11.0. The average Bonchev–Trinajstić information content (AvgIpc) is 2.18. The third-order valence-corrected chi connectivity index (χ3v) is 3.25. The highest BCUT2D eigenvalue weighted by molar-refractivity contribution is 9.10. The van der Waals surface area contributed by atoms with Crippen LogP contribution in [0.3, 0.4) is 0 Å². The van der Waals surface area contributed by atoms with Crippen molar-refractivity contribution in [3.05, 3.63) is 22.4 Å². The molecule has 0 saturated carbocycles. The lowest BCUT2D eigenvalue weighted by atomic mass is 10.1. The van der Waals surface area contributed by atoms with Crippen LogP contribution in [0.2, 0.25) is 0 Å². The summed E-state index contributed by atoms with van der Waals surface area (Å²) in [6, 6.07) is 3.83. The van der Waals surface area contributed by atoms with E-state index in [2.05, 4.69) is 40.0 Å². The molecule has 0 fully saturated rings. The minimum atomic E-state index is -0.216. The van der Waals surface area contributed by atoms with E-state index in [1.807, 2.05) is 6.07 Å². The summed E-state index contributed by atoms with van der Waals surface area (Å²) in [5.74, 6) is -0.216. The number of hydrogen-bond donors (Lipinski definition) is 1. The molecule has 15 heavy (non-hydrogen) atoms. The standard InChI is InChI=1S/C11H14BrFN2/c1-7(2)15-4-3-14-10-6-9(13)8(12)5-11(10)15/h5-7,14H,3-4H2,1-2H3. The largest absolute Gasteiger partial charge is 0.382 e. The van der Waals surface area contributed by atoms with Crippen LogP contribution in [0.5, 0.6) is 0 Å². The van der Waals surface area contributed by atoms with E-state index in [0.717, 1.165) is 24.5 Å². The van der Waals surface area contributed by atoms with Crippen molar-refractivity contribution in [1.29, 1.82) is 0 Å². The van der Waals surface area contributed by atoms with Gasteiger partial charge in [0.25, 0.3) is 0 Å². The first-order valence-electron chi connectivity index (χ1n) is 5.09. The van der Waals surface area contributed by atoms with Crippen LogP contribution in [-0.4, -0.2) is 19.1 Å². The first kappa shape index (κ1) is 10.7. The van der Waals surface area contributed by atoms with E-state index < -0.39 is 0 Å². The Bertz CT molecular complexity index is 379. The number of halogens is 2. The molecule has 1 aromatic rings. The summed E-state index contributed by atoms with van der Waals surface area (Å²) in [7, 11) is 0. The van der Waals surface area contributed by atoms with E-state index in [1.165, 1.54) is 0 Å². The summed E-state index contributed by atoms with van der Waals surface area (Å²) in [5, 5.41) is 3.21. The molecular formula is C11H14BrFN2. The summed E-state index contributed by atoms with van der Waals surface area (Å²) in [6.07, 6.45) is 0. The average molecular weight is 273 g/mol. The fraction of sp³-hybridized carbons (Fsp3) is 0.455. The molecular weight excluding hydrogens is 259 g/mol. The molecule has 0 amide bonds. The van der Waals surface area contributed by atoms with E-state index in [-0.39, 0.29) is 5.82 Å². The molecule has 2 rings (SSSR count). The Morgan fingerprint density at radius 1 is 1.47 bits per heavy atom. The van der Waals surface area contributed by atoms with Gasteiger partial charge >= 0.3 is 0 Å². The van der Waals surface area contributed by atoms with Crippen molar-refractivity contribution in [2.75, 3.05) is 23.3 Å². The van der Waals surface area contributed by atoms with Crippen LogP contribution in [-0.2, 0) is 0 Å². The Labute approximate surface area is 97.6 Å². The van der Waals surface area contributed by atoms with Crippen molar-refractivity contribution in [3.8, 4) is 0 Å². The fourth-order valence-corrected chi connectivity index (χ4v) is 2.21. The van der Waals surface area contributed by atoms with Crippen molar-refractivity contribution in [3.63, 3.8) is 0 Å². The van der Waals surface area contributed by atoms with Gasteiger partial charge in [-0.1, -0.05) is 0 Å². The van der Waals surface area contributed by atoms with Crippen LogP contribution in [0, 0.1) is 5.82 Å². The lowest BCUT2D eigenvalue weighted by Crippen LogP contribution is -2.38. The molecule has 0 unspecified atom stereocenters. The van der Waals surface area contributed by atoms with Crippen LogP contribution in [0.25, 0.3) is 0 Å². The van der Waals surface area contributed by atoms with Crippen LogP contribution in [0.4, 0.5) is 15.8 Å². The maximum absolute atomic E-state index is 13.3. The highest BCUT2D eigenvalue weighted by atomic mass is 79.9.